The van der Waals surface area contributed by atoms with E-state index in [1.165, 1.54) is 39.8 Å². The molecule has 1 rings (SSSR count). The third-order valence-electron chi connectivity index (χ3n) is 1.24. The van der Waals surface area contributed by atoms with E-state index in [2.05, 4.69) is 9.47 Å². The molecule has 1 aromatic carbocycles. The summed E-state index contributed by atoms with van der Waals surface area (Å²) in [7, 11) is 1.26. The van der Waals surface area contributed by atoms with Crippen LogP contribution in [0.4, 0.5) is 8.78 Å². The Kier molecular flexibility index (Phi) is 3.21. The topological polar surface area (TPSA) is 42.2 Å². The maximum atomic E-state index is 12.3. The monoisotopic (exact) mass is 217 g/mol. The minimum atomic E-state index is -3.29. The first kappa shape index (κ1) is 10.7. The van der Waals surface area contributed by atoms with Crippen LogP contribution in [0.5, 0.6) is 11.5 Å². The van der Waals surface area contributed by atoms with Gasteiger partial charge in [0.05, 0.1) is 0 Å². The van der Waals surface area contributed by atoms with Crippen LogP contribution in [0.1, 0.15) is 0 Å². The van der Waals surface area contributed by atoms with E-state index in [0.717, 1.165) is 0 Å². The van der Waals surface area contributed by atoms with Crippen LogP contribution in [0.15, 0.2) is 24.3 Å². The molecule has 0 aliphatic heterocycles. The Morgan fingerprint density at radius 2 is 1.71 bits per heavy atom. The lowest BCUT2D eigenvalue weighted by molar-refractivity contribution is -0.0892. The number of halogens is 2. The SMILES string of the molecule is N#COc1ccc(OC(F)(F)P)cc1. The molecule has 0 saturated carbocycles. The van der Waals surface area contributed by atoms with Gasteiger partial charge in [-0.3, -0.25) is 0 Å². The summed E-state index contributed by atoms with van der Waals surface area (Å²) in [5, 5.41) is 8.15. The zero-order valence-electron chi connectivity index (χ0n) is 6.91. The molecule has 0 spiro atoms. The van der Waals surface area contributed by atoms with Crippen LogP contribution in [-0.2, 0) is 0 Å². The predicted octanol–water partition coefficient (Wildman–Crippen LogP) is 2.35. The second kappa shape index (κ2) is 4.21. The van der Waals surface area contributed by atoms with Crippen LogP contribution in [0.3, 0.4) is 0 Å². The second-order valence-electron chi connectivity index (χ2n) is 2.33. The summed E-state index contributed by atoms with van der Waals surface area (Å²) >= 11 is 0. The molecule has 1 atom stereocenters. The Bertz CT molecular complexity index is 342. The molecule has 74 valence electrons. The van der Waals surface area contributed by atoms with Gasteiger partial charge in [0.25, 0.3) is 6.26 Å². The van der Waals surface area contributed by atoms with Crippen LogP contribution < -0.4 is 9.47 Å². The lowest BCUT2D eigenvalue weighted by Crippen LogP contribution is -2.14. The molecular weight excluding hydrogens is 211 g/mol. The van der Waals surface area contributed by atoms with E-state index in [1.54, 1.807) is 0 Å². The van der Waals surface area contributed by atoms with Crippen molar-refractivity contribution < 1.29 is 18.3 Å². The molecule has 6 heteroatoms. The van der Waals surface area contributed by atoms with Crippen molar-refractivity contribution in [2.75, 3.05) is 0 Å². The van der Waals surface area contributed by atoms with Crippen molar-refractivity contribution in [3.05, 3.63) is 24.3 Å². The molecule has 1 aromatic rings. The van der Waals surface area contributed by atoms with Crippen LogP contribution in [0.25, 0.3) is 0 Å². The molecular formula is C8H6F2NO2P. The first-order valence-corrected chi connectivity index (χ1v) is 4.11. The second-order valence-corrected chi connectivity index (χ2v) is 3.00. The number of nitrogens with zero attached hydrogens (tertiary/aromatic N) is 1. The molecule has 1 unspecified atom stereocenters. The number of benzene rings is 1. The molecule has 0 aliphatic rings. The fourth-order valence-electron chi connectivity index (χ4n) is 0.786. The van der Waals surface area contributed by atoms with Gasteiger partial charge >= 0.3 is 5.85 Å². The predicted molar refractivity (Wildman–Crippen MR) is 48.0 cm³/mol. The number of hydrogen-bond acceptors (Lipinski definition) is 3. The quantitative estimate of drug-likeness (QED) is 0.576. The van der Waals surface area contributed by atoms with Gasteiger partial charge in [-0.2, -0.15) is 8.78 Å². The van der Waals surface area contributed by atoms with E-state index >= 15 is 0 Å². The van der Waals surface area contributed by atoms with Crippen molar-refractivity contribution >= 4 is 9.24 Å². The van der Waals surface area contributed by atoms with Crippen molar-refractivity contribution in [2.24, 2.45) is 0 Å². The molecule has 0 amide bonds. The number of rotatable bonds is 3. The molecule has 0 radical (unpaired) electrons. The summed E-state index contributed by atoms with van der Waals surface area (Å²) in [6.07, 6.45) is 1.46. The first-order valence-electron chi connectivity index (χ1n) is 3.53. The highest BCUT2D eigenvalue weighted by Crippen LogP contribution is 2.28. The summed E-state index contributed by atoms with van der Waals surface area (Å²) in [5.74, 6) is -3.03. The zero-order valence-corrected chi connectivity index (χ0v) is 8.06. The van der Waals surface area contributed by atoms with Crippen molar-refractivity contribution in [2.45, 2.75) is 5.85 Å². The maximum Gasteiger partial charge on any atom is 0.408 e. The van der Waals surface area contributed by atoms with E-state index in [4.69, 9.17) is 5.26 Å². The average molecular weight is 217 g/mol. The van der Waals surface area contributed by atoms with E-state index < -0.39 is 5.85 Å². The van der Waals surface area contributed by atoms with Gasteiger partial charge in [-0.15, -0.1) is 5.26 Å². The summed E-state index contributed by atoms with van der Waals surface area (Å²) in [5.41, 5.74) is 0. The third-order valence-corrected chi connectivity index (χ3v) is 1.36. The molecule has 3 nitrogen and oxygen atoms in total. The van der Waals surface area contributed by atoms with Gasteiger partial charge in [0.15, 0.2) is 0 Å². The van der Waals surface area contributed by atoms with Gasteiger partial charge in [-0.05, 0) is 33.5 Å². The smallest absolute Gasteiger partial charge is 0.408 e. The number of ether oxygens (including phenoxy) is 2. The molecule has 0 bridgehead atoms. The van der Waals surface area contributed by atoms with Gasteiger partial charge in [0.2, 0.25) is 0 Å². The lowest BCUT2D eigenvalue weighted by Gasteiger charge is -2.12. The molecule has 0 heterocycles. The molecule has 14 heavy (non-hydrogen) atoms. The number of nitriles is 1. The highest BCUT2D eigenvalue weighted by molar-refractivity contribution is 7.17. The van der Waals surface area contributed by atoms with E-state index in [9.17, 15) is 8.78 Å². The Hall–Kier alpha value is -1.40. The van der Waals surface area contributed by atoms with Gasteiger partial charge in [0.1, 0.15) is 11.5 Å². The normalized spacial score (nSPS) is 10.4. The standard InChI is InChI=1S/C8H6F2NO2P/c9-8(10,14)13-7-3-1-6(2-4-7)12-5-11/h1-4H,14H2. The summed E-state index contributed by atoms with van der Waals surface area (Å²) in [6.45, 7) is 0. The third kappa shape index (κ3) is 3.55. The fraction of sp³-hybridized carbons (Fsp3) is 0.125. The highest BCUT2D eigenvalue weighted by Gasteiger charge is 2.23. The summed E-state index contributed by atoms with van der Waals surface area (Å²) < 4.78 is 33.3. The van der Waals surface area contributed by atoms with Crippen molar-refractivity contribution in [1.29, 1.82) is 5.26 Å². The van der Waals surface area contributed by atoms with Crippen LogP contribution in [0, 0.1) is 11.5 Å². The van der Waals surface area contributed by atoms with Gasteiger partial charge in [-0.1, -0.05) is 0 Å². The van der Waals surface area contributed by atoms with Crippen LogP contribution >= 0.6 is 9.24 Å². The minimum Gasteiger partial charge on any atom is -0.430 e. The van der Waals surface area contributed by atoms with E-state index in [-0.39, 0.29) is 11.5 Å². The molecule has 0 aromatic heterocycles. The summed E-state index contributed by atoms with van der Waals surface area (Å²) in [6, 6.07) is 5.28. The van der Waals surface area contributed by atoms with Gasteiger partial charge in [0, 0.05) is 0 Å². The Balaban J connectivity index is 2.70. The minimum absolute atomic E-state index is 0.00436. The van der Waals surface area contributed by atoms with Crippen molar-refractivity contribution in [3.63, 3.8) is 0 Å². The van der Waals surface area contributed by atoms with Crippen LogP contribution in [-0.4, -0.2) is 5.85 Å². The van der Waals surface area contributed by atoms with Crippen molar-refractivity contribution in [1.82, 2.24) is 0 Å². The first-order chi connectivity index (χ1) is 6.51. The molecule has 0 fully saturated rings. The Morgan fingerprint density at radius 3 is 2.14 bits per heavy atom. The number of alkyl halides is 2. The van der Waals surface area contributed by atoms with E-state index in [1.807, 2.05) is 0 Å². The highest BCUT2D eigenvalue weighted by atomic mass is 31.0. The summed E-state index contributed by atoms with van der Waals surface area (Å²) in [4.78, 5) is 0. The Morgan fingerprint density at radius 1 is 1.21 bits per heavy atom. The molecule has 0 N–H and O–H groups in total. The fourth-order valence-corrected chi connectivity index (χ4v) is 0.922. The average Bonchev–Trinajstić information content (AvgIpc) is 2.06. The molecule has 0 aliphatic carbocycles. The van der Waals surface area contributed by atoms with Gasteiger partial charge < -0.3 is 9.47 Å². The molecule has 0 saturated heterocycles. The van der Waals surface area contributed by atoms with E-state index in [0.29, 0.717) is 0 Å². The van der Waals surface area contributed by atoms with Gasteiger partial charge in [-0.25, -0.2) is 0 Å². The number of hydrogen-bond donors (Lipinski definition) is 0. The maximum absolute atomic E-state index is 12.3. The lowest BCUT2D eigenvalue weighted by atomic mass is 10.3. The largest absolute Gasteiger partial charge is 0.430 e. The Labute approximate surface area is 81.4 Å². The van der Waals surface area contributed by atoms with Crippen LogP contribution in [0.2, 0.25) is 0 Å². The van der Waals surface area contributed by atoms with Crippen molar-refractivity contribution in [3.8, 4) is 17.8 Å². The zero-order chi connectivity index (χ0) is 10.6.